The van der Waals surface area contributed by atoms with E-state index in [1.807, 2.05) is 0 Å². The van der Waals surface area contributed by atoms with Crippen molar-refractivity contribution in [2.75, 3.05) is 6.54 Å². The number of carboxylic acids is 1. The van der Waals surface area contributed by atoms with Gasteiger partial charge in [0.2, 0.25) is 5.91 Å². The Morgan fingerprint density at radius 3 is 2.18 bits per heavy atom. The lowest BCUT2D eigenvalue weighted by molar-refractivity contribution is -0.131. The van der Waals surface area contributed by atoms with Gasteiger partial charge < -0.3 is 10.4 Å². The van der Waals surface area contributed by atoms with Crippen molar-refractivity contribution in [2.24, 2.45) is 0 Å². The van der Waals surface area contributed by atoms with E-state index in [0.29, 0.717) is 6.54 Å². The SMILES string of the molecule is CCCCCCCCCNC(=O)/C=C\C(=O)O. The normalized spacial score (nSPS) is 10.6. The summed E-state index contributed by atoms with van der Waals surface area (Å²) in [6.07, 6.45) is 10.3. The highest BCUT2D eigenvalue weighted by Gasteiger charge is 1.96. The highest BCUT2D eigenvalue weighted by molar-refractivity contribution is 5.93. The molecule has 0 bridgehead atoms. The molecule has 0 spiro atoms. The van der Waals surface area contributed by atoms with Gasteiger partial charge in [0, 0.05) is 18.7 Å². The topological polar surface area (TPSA) is 66.4 Å². The number of rotatable bonds is 10. The Hall–Kier alpha value is -1.32. The first-order valence-corrected chi connectivity index (χ1v) is 6.35. The largest absolute Gasteiger partial charge is 0.478 e. The molecule has 0 saturated heterocycles. The van der Waals surface area contributed by atoms with Crippen molar-refractivity contribution in [2.45, 2.75) is 51.9 Å². The molecule has 98 valence electrons. The number of carbonyl (C=O) groups excluding carboxylic acids is 1. The van der Waals surface area contributed by atoms with Crippen LogP contribution in [0.25, 0.3) is 0 Å². The van der Waals surface area contributed by atoms with Gasteiger partial charge in [-0.3, -0.25) is 4.79 Å². The summed E-state index contributed by atoms with van der Waals surface area (Å²) in [5, 5.41) is 11.0. The lowest BCUT2D eigenvalue weighted by Gasteiger charge is -2.02. The van der Waals surface area contributed by atoms with Gasteiger partial charge in [0.1, 0.15) is 0 Å². The van der Waals surface area contributed by atoms with Crippen LogP contribution in [-0.2, 0) is 9.59 Å². The third-order valence-corrected chi connectivity index (χ3v) is 2.46. The number of nitrogens with one attached hydrogen (secondary N) is 1. The molecule has 0 aliphatic carbocycles. The fraction of sp³-hybridized carbons (Fsp3) is 0.692. The van der Waals surface area contributed by atoms with Crippen molar-refractivity contribution >= 4 is 11.9 Å². The van der Waals surface area contributed by atoms with Crippen LogP contribution in [0.1, 0.15) is 51.9 Å². The Labute approximate surface area is 103 Å². The van der Waals surface area contributed by atoms with Gasteiger partial charge in [-0.2, -0.15) is 0 Å². The summed E-state index contributed by atoms with van der Waals surface area (Å²) in [5.41, 5.74) is 0. The molecular formula is C13H23NO3. The molecule has 2 N–H and O–H groups in total. The van der Waals surface area contributed by atoms with Crippen LogP contribution in [-0.4, -0.2) is 23.5 Å². The molecule has 0 heterocycles. The van der Waals surface area contributed by atoms with Crippen LogP contribution in [0.15, 0.2) is 12.2 Å². The molecule has 0 aromatic carbocycles. The van der Waals surface area contributed by atoms with Crippen LogP contribution in [0.4, 0.5) is 0 Å². The van der Waals surface area contributed by atoms with Gasteiger partial charge in [-0.1, -0.05) is 45.4 Å². The first-order chi connectivity index (χ1) is 8.16. The molecule has 1 amide bonds. The Kier molecular flexibility index (Phi) is 10.3. The van der Waals surface area contributed by atoms with E-state index >= 15 is 0 Å². The van der Waals surface area contributed by atoms with Crippen molar-refractivity contribution in [3.63, 3.8) is 0 Å². The summed E-state index contributed by atoms with van der Waals surface area (Å²) in [7, 11) is 0. The number of carbonyl (C=O) groups is 2. The van der Waals surface area contributed by atoms with E-state index in [2.05, 4.69) is 12.2 Å². The van der Waals surface area contributed by atoms with E-state index in [9.17, 15) is 9.59 Å². The quantitative estimate of drug-likeness (QED) is 0.456. The van der Waals surface area contributed by atoms with Crippen molar-refractivity contribution in [3.05, 3.63) is 12.2 Å². The smallest absolute Gasteiger partial charge is 0.328 e. The number of hydrogen-bond donors (Lipinski definition) is 2. The standard InChI is InChI=1S/C13H23NO3/c1-2-3-4-5-6-7-8-11-14-12(15)9-10-13(16)17/h9-10H,2-8,11H2,1H3,(H,14,15)(H,16,17)/b10-9-. The molecule has 0 saturated carbocycles. The minimum absolute atomic E-state index is 0.335. The molecular weight excluding hydrogens is 218 g/mol. The minimum atomic E-state index is -1.10. The average molecular weight is 241 g/mol. The number of aliphatic carboxylic acids is 1. The van der Waals surface area contributed by atoms with Gasteiger partial charge >= 0.3 is 5.97 Å². The van der Waals surface area contributed by atoms with Gasteiger partial charge in [0.05, 0.1) is 0 Å². The molecule has 0 unspecified atom stereocenters. The zero-order valence-corrected chi connectivity index (χ0v) is 10.6. The number of amides is 1. The van der Waals surface area contributed by atoms with E-state index in [0.717, 1.165) is 25.0 Å². The zero-order valence-electron chi connectivity index (χ0n) is 10.6. The zero-order chi connectivity index (χ0) is 12.9. The summed E-state index contributed by atoms with van der Waals surface area (Å²) in [6, 6.07) is 0. The van der Waals surface area contributed by atoms with E-state index in [1.165, 1.54) is 32.1 Å². The Morgan fingerprint density at radius 2 is 1.59 bits per heavy atom. The second kappa shape index (κ2) is 11.2. The van der Waals surface area contributed by atoms with Crippen molar-refractivity contribution in [1.29, 1.82) is 0 Å². The lowest BCUT2D eigenvalue weighted by atomic mass is 10.1. The molecule has 0 aliphatic rings. The van der Waals surface area contributed by atoms with E-state index in [-0.39, 0.29) is 5.91 Å². The van der Waals surface area contributed by atoms with Gasteiger partial charge in [0.15, 0.2) is 0 Å². The molecule has 0 fully saturated rings. The molecule has 0 aromatic heterocycles. The molecule has 0 rings (SSSR count). The number of unbranched alkanes of at least 4 members (excludes halogenated alkanes) is 6. The van der Waals surface area contributed by atoms with Gasteiger partial charge in [-0.15, -0.1) is 0 Å². The predicted molar refractivity (Wildman–Crippen MR) is 67.8 cm³/mol. The highest BCUT2D eigenvalue weighted by Crippen LogP contribution is 2.06. The summed E-state index contributed by atoms with van der Waals surface area (Å²) in [6.45, 7) is 2.82. The molecule has 17 heavy (non-hydrogen) atoms. The maximum Gasteiger partial charge on any atom is 0.328 e. The minimum Gasteiger partial charge on any atom is -0.478 e. The third-order valence-electron chi connectivity index (χ3n) is 2.46. The average Bonchev–Trinajstić information content (AvgIpc) is 2.30. The van der Waals surface area contributed by atoms with Crippen molar-refractivity contribution in [3.8, 4) is 0 Å². The van der Waals surface area contributed by atoms with Crippen LogP contribution in [0.2, 0.25) is 0 Å². The van der Waals surface area contributed by atoms with E-state index in [4.69, 9.17) is 5.11 Å². The summed E-state index contributed by atoms with van der Waals surface area (Å²) in [5.74, 6) is -1.44. The van der Waals surface area contributed by atoms with Gasteiger partial charge in [0.25, 0.3) is 0 Å². The number of hydrogen-bond acceptors (Lipinski definition) is 2. The van der Waals surface area contributed by atoms with Crippen LogP contribution in [0.3, 0.4) is 0 Å². The summed E-state index contributed by atoms with van der Waals surface area (Å²) < 4.78 is 0. The fourth-order valence-corrected chi connectivity index (χ4v) is 1.50. The monoisotopic (exact) mass is 241 g/mol. The first-order valence-electron chi connectivity index (χ1n) is 6.35. The Bertz CT molecular complexity index is 249. The molecule has 4 nitrogen and oxygen atoms in total. The first kappa shape index (κ1) is 15.7. The summed E-state index contributed by atoms with van der Waals surface area (Å²) in [4.78, 5) is 21.2. The molecule has 0 radical (unpaired) electrons. The Morgan fingerprint density at radius 1 is 1.00 bits per heavy atom. The van der Waals surface area contributed by atoms with Gasteiger partial charge in [-0.25, -0.2) is 4.79 Å². The Balaban J connectivity index is 3.28. The van der Waals surface area contributed by atoms with Crippen LogP contribution >= 0.6 is 0 Å². The van der Waals surface area contributed by atoms with Crippen molar-refractivity contribution < 1.29 is 14.7 Å². The summed E-state index contributed by atoms with van der Waals surface area (Å²) >= 11 is 0. The van der Waals surface area contributed by atoms with Gasteiger partial charge in [-0.05, 0) is 6.42 Å². The predicted octanol–water partition coefficient (Wildman–Crippen LogP) is 2.49. The van der Waals surface area contributed by atoms with Crippen LogP contribution < -0.4 is 5.32 Å². The van der Waals surface area contributed by atoms with Crippen molar-refractivity contribution in [1.82, 2.24) is 5.32 Å². The highest BCUT2D eigenvalue weighted by atomic mass is 16.4. The fourth-order valence-electron chi connectivity index (χ4n) is 1.50. The second-order valence-electron chi connectivity index (χ2n) is 4.08. The molecule has 0 aliphatic heterocycles. The molecule has 4 heteroatoms. The number of carboxylic acid groups (broad SMARTS) is 1. The lowest BCUT2D eigenvalue weighted by Crippen LogP contribution is -2.22. The maximum absolute atomic E-state index is 11.1. The maximum atomic E-state index is 11.1. The second-order valence-corrected chi connectivity index (χ2v) is 4.08. The molecule has 0 atom stereocenters. The van der Waals surface area contributed by atoms with E-state index < -0.39 is 5.97 Å². The molecule has 0 aromatic rings. The van der Waals surface area contributed by atoms with E-state index in [1.54, 1.807) is 0 Å². The third kappa shape index (κ3) is 12.6. The van der Waals surface area contributed by atoms with Crippen LogP contribution in [0.5, 0.6) is 0 Å². The van der Waals surface area contributed by atoms with Crippen LogP contribution in [0, 0.1) is 0 Å².